The minimum Gasteiger partial charge on any atom is -0.310 e. The maximum atomic E-state index is 2.52. The molecule has 0 aliphatic carbocycles. The fraction of sp³-hybridized carbons (Fsp3) is 0.0794. The number of fused-ring (bicyclic) bond motifs is 8. The standard InChI is InChI=1S/C63H49N3/c1-4-63(2,3)47-38-45-34-36-55-59-42-60(56-37-35-46(39-47)61(45)62(55)56)66(58-33-17-15-31-54(58)44-22-10-6-11-23-44)52-29-19-27-50(41-52)64(48-24-12-7-13-25-48)49-26-18-28-51(40-49)65(59)57-32-16-14-30-53(57)43-20-8-5-9-21-43/h5-42H,4H2,1-3H3. The first-order chi connectivity index (χ1) is 32.4. The van der Waals surface area contributed by atoms with E-state index in [1.807, 2.05) is 0 Å². The Hall–Kier alpha value is -8.14. The molecular weight excluding hydrogens is 799 g/mol. The maximum Gasteiger partial charge on any atom is 0.0561 e. The molecule has 316 valence electrons. The highest BCUT2D eigenvalue weighted by atomic mass is 15.2. The first-order valence-corrected chi connectivity index (χ1v) is 23.2. The van der Waals surface area contributed by atoms with Crippen molar-refractivity contribution in [2.45, 2.75) is 32.6 Å². The normalized spacial score (nSPS) is 12.7. The summed E-state index contributed by atoms with van der Waals surface area (Å²) >= 11 is 0. The summed E-state index contributed by atoms with van der Waals surface area (Å²) in [5.41, 5.74) is 15.8. The average molecular weight is 848 g/mol. The fourth-order valence-electron chi connectivity index (χ4n) is 10.3. The summed E-state index contributed by atoms with van der Waals surface area (Å²) in [5.74, 6) is 0. The Bertz CT molecular complexity index is 3360. The molecule has 1 heterocycles. The molecule has 1 aliphatic heterocycles. The Morgan fingerprint density at radius 3 is 1.21 bits per heavy atom. The van der Waals surface area contributed by atoms with E-state index in [4.69, 9.17) is 0 Å². The highest BCUT2D eigenvalue weighted by molar-refractivity contribution is 6.29. The van der Waals surface area contributed by atoms with Gasteiger partial charge in [0.25, 0.3) is 0 Å². The van der Waals surface area contributed by atoms with Crippen LogP contribution < -0.4 is 14.7 Å². The smallest absolute Gasteiger partial charge is 0.0561 e. The van der Waals surface area contributed by atoms with E-state index in [2.05, 4.69) is 266 Å². The van der Waals surface area contributed by atoms with Crippen LogP contribution in [0.5, 0.6) is 0 Å². The van der Waals surface area contributed by atoms with Crippen molar-refractivity contribution in [2.75, 3.05) is 14.7 Å². The molecule has 66 heavy (non-hydrogen) atoms. The van der Waals surface area contributed by atoms with Gasteiger partial charge in [-0.1, -0.05) is 185 Å². The van der Waals surface area contributed by atoms with Crippen LogP contribution in [0.4, 0.5) is 51.2 Å². The van der Waals surface area contributed by atoms with Crippen LogP contribution in [0.15, 0.2) is 231 Å². The lowest BCUT2D eigenvalue weighted by Crippen LogP contribution is -2.18. The Labute approximate surface area is 387 Å². The molecule has 0 saturated heterocycles. The van der Waals surface area contributed by atoms with Crippen LogP contribution in [0.25, 0.3) is 54.6 Å². The maximum absolute atomic E-state index is 2.52. The van der Waals surface area contributed by atoms with Crippen LogP contribution in [-0.2, 0) is 5.41 Å². The zero-order valence-corrected chi connectivity index (χ0v) is 37.5. The van der Waals surface area contributed by atoms with Gasteiger partial charge in [-0.3, -0.25) is 0 Å². The molecule has 11 aromatic carbocycles. The quantitative estimate of drug-likeness (QED) is 0.148. The number of benzene rings is 11. The van der Waals surface area contributed by atoms with E-state index in [-0.39, 0.29) is 5.41 Å². The first-order valence-electron chi connectivity index (χ1n) is 23.2. The number of para-hydroxylation sites is 3. The van der Waals surface area contributed by atoms with Crippen molar-refractivity contribution in [2.24, 2.45) is 0 Å². The topological polar surface area (TPSA) is 9.72 Å². The van der Waals surface area contributed by atoms with E-state index in [0.29, 0.717) is 0 Å². The Morgan fingerprint density at radius 1 is 0.333 bits per heavy atom. The minimum absolute atomic E-state index is 0.0358. The van der Waals surface area contributed by atoms with Crippen molar-refractivity contribution in [3.05, 3.63) is 236 Å². The van der Waals surface area contributed by atoms with Gasteiger partial charge in [0.2, 0.25) is 0 Å². The van der Waals surface area contributed by atoms with E-state index >= 15 is 0 Å². The second-order valence-electron chi connectivity index (χ2n) is 18.2. The summed E-state index contributed by atoms with van der Waals surface area (Å²) in [4.78, 5) is 7.43. The highest BCUT2D eigenvalue weighted by Gasteiger charge is 2.29. The largest absolute Gasteiger partial charge is 0.310 e. The van der Waals surface area contributed by atoms with Crippen LogP contribution in [0, 0.1) is 0 Å². The third-order valence-electron chi connectivity index (χ3n) is 14.0. The SMILES string of the molecule is CCC(C)(C)c1cc2ccc3c4cc(c5ccc(c1)c2c35)N(c1ccccc1-c1ccccc1)c1cccc(c1)N(c1ccccc1)c1cccc(c1)N4c1ccccc1-c1ccccc1. The Balaban J connectivity index is 1.27. The lowest BCUT2D eigenvalue weighted by Gasteiger charge is -2.36. The van der Waals surface area contributed by atoms with Crippen LogP contribution in [-0.4, -0.2) is 0 Å². The van der Waals surface area contributed by atoms with Gasteiger partial charge < -0.3 is 14.7 Å². The number of rotatable bonds is 7. The third kappa shape index (κ3) is 6.50. The second-order valence-corrected chi connectivity index (χ2v) is 18.2. The molecule has 0 aromatic heterocycles. The number of anilines is 9. The van der Waals surface area contributed by atoms with Gasteiger partial charge in [-0.2, -0.15) is 0 Å². The van der Waals surface area contributed by atoms with Gasteiger partial charge in [-0.25, -0.2) is 0 Å². The Morgan fingerprint density at radius 2 is 0.742 bits per heavy atom. The van der Waals surface area contributed by atoms with E-state index < -0.39 is 0 Å². The summed E-state index contributed by atoms with van der Waals surface area (Å²) in [7, 11) is 0. The second kappa shape index (κ2) is 15.8. The Kier molecular flexibility index (Phi) is 9.46. The zero-order chi connectivity index (χ0) is 44.4. The van der Waals surface area contributed by atoms with Gasteiger partial charge in [0, 0.05) is 55.7 Å². The molecule has 3 heteroatoms. The molecular formula is C63H49N3. The fourth-order valence-corrected chi connectivity index (χ4v) is 10.3. The third-order valence-corrected chi connectivity index (χ3v) is 14.0. The van der Waals surface area contributed by atoms with Gasteiger partial charge in [-0.15, -0.1) is 0 Å². The molecule has 0 atom stereocenters. The van der Waals surface area contributed by atoms with Crippen LogP contribution in [0.3, 0.4) is 0 Å². The lowest BCUT2D eigenvalue weighted by molar-refractivity contribution is 0.507. The van der Waals surface area contributed by atoms with Crippen molar-refractivity contribution in [3.63, 3.8) is 0 Å². The van der Waals surface area contributed by atoms with E-state index in [1.165, 1.54) is 49.0 Å². The summed E-state index contributed by atoms with van der Waals surface area (Å²) in [5, 5.41) is 7.48. The van der Waals surface area contributed by atoms with Gasteiger partial charge in [0.1, 0.15) is 0 Å². The van der Waals surface area contributed by atoms with Crippen LogP contribution in [0.2, 0.25) is 0 Å². The zero-order valence-electron chi connectivity index (χ0n) is 37.5. The molecule has 0 saturated carbocycles. The van der Waals surface area contributed by atoms with E-state index in [9.17, 15) is 0 Å². The van der Waals surface area contributed by atoms with Crippen molar-refractivity contribution >= 4 is 83.5 Å². The van der Waals surface area contributed by atoms with Crippen molar-refractivity contribution < 1.29 is 0 Å². The molecule has 0 fully saturated rings. The van der Waals surface area contributed by atoms with Gasteiger partial charge >= 0.3 is 0 Å². The number of hydrogen-bond acceptors (Lipinski definition) is 3. The number of nitrogens with zero attached hydrogens (tertiary/aromatic N) is 3. The van der Waals surface area contributed by atoms with Gasteiger partial charge in [-0.05, 0) is 111 Å². The molecule has 12 rings (SSSR count). The van der Waals surface area contributed by atoms with Crippen molar-refractivity contribution in [1.29, 1.82) is 0 Å². The molecule has 1 aliphatic rings. The highest BCUT2D eigenvalue weighted by Crippen LogP contribution is 2.54. The lowest BCUT2D eigenvalue weighted by atomic mass is 9.80. The summed E-state index contributed by atoms with van der Waals surface area (Å²) in [6, 6.07) is 85.3. The predicted molar refractivity (Wildman–Crippen MR) is 282 cm³/mol. The minimum atomic E-state index is 0.0358. The van der Waals surface area contributed by atoms with Crippen molar-refractivity contribution in [1.82, 2.24) is 0 Å². The molecule has 0 spiro atoms. The molecule has 11 aromatic rings. The molecule has 6 bridgehead atoms. The van der Waals surface area contributed by atoms with E-state index in [1.54, 1.807) is 0 Å². The molecule has 0 unspecified atom stereocenters. The monoisotopic (exact) mass is 847 g/mol. The predicted octanol–water partition coefficient (Wildman–Crippen LogP) is 18.3. The average Bonchev–Trinajstić information content (AvgIpc) is 3.37. The summed E-state index contributed by atoms with van der Waals surface area (Å²) < 4.78 is 0. The van der Waals surface area contributed by atoms with Crippen LogP contribution in [0.1, 0.15) is 32.8 Å². The first kappa shape index (κ1) is 39.5. The molecule has 0 radical (unpaired) electrons. The van der Waals surface area contributed by atoms with Gasteiger partial charge in [0.15, 0.2) is 0 Å². The summed E-state index contributed by atoms with van der Waals surface area (Å²) in [6.45, 7) is 7.03. The number of hydrogen-bond donors (Lipinski definition) is 0. The van der Waals surface area contributed by atoms with E-state index in [0.717, 1.165) is 68.7 Å². The molecule has 0 amide bonds. The van der Waals surface area contributed by atoms with Crippen LogP contribution >= 0.6 is 0 Å². The van der Waals surface area contributed by atoms with Crippen molar-refractivity contribution in [3.8, 4) is 22.3 Å². The van der Waals surface area contributed by atoms with Gasteiger partial charge in [0.05, 0.1) is 22.7 Å². The molecule has 3 nitrogen and oxygen atoms in total. The summed E-state index contributed by atoms with van der Waals surface area (Å²) in [6.07, 6.45) is 1.06. The molecule has 0 N–H and O–H groups in total.